The van der Waals surface area contributed by atoms with Crippen LogP contribution >= 0.6 is 11.3 Å². The zero-order chi connectivity index (χ0) is 7.56. The first-order valence-corrected chi connectivity index (χ1v) is 3.34. The van der Waals surface area contributed by atoms with Gasteiger partial charge in [-0.2, -0.15) is 0 Å². The molecule has 0 spiro atoms. The molecule has 54 valence electrons. The van der Waals surface area contributed by atoms with E-state index < -0.39 is 4.92 Å². The van der Waals surface area contributed by atoms with Gasteiger partial charge in [-0.05, 0) is 17.4 Å². The molecule has 1 heterocycles. The number of hydrogen-bond acceptors (Lipinski definition) is 4. The molecular formula is C5H5NO3S. The molecule has 0 N–H and O–H groups in total. The Kier molecular flexibility index (Phi) is 1.86. The minimum Gasteiger partial charge on any atom is -0.487 e. The third kappa shape index (κ3) is 1.24. The monoisotopic (exact) mass is 159 g/mol. The average Bonchev–Trinajstić information content (AvgIpc) is 2.34. The van der Waals surface area contributed by atoms with Gasteiger partial charge in [0.1, 0.15) is 0 Å². The van der Waals surface area contributed by atoms with E-state index in [0.29, 0.717) is 5.06 Å². The van der Waals surface area contributed by atoms with Crippen molar-refractivity contribution in [2.75, 3.05) is 7.11 Å². The lowest BCUT2D eigenvalue weighted by molar-refractivity contribution is -0.380. The van der Waals surface area contributed by atoms with Crippen LogP contribution in [0.15, 0.2) is 12.1 Å². The molecule has 0 saturated carbocycles. The lowest BCUT2D eigenvalue weighted by Crippen LogP contribution is -1.80. The Morgan fingerprint density at radius 2 is 2.40 bits per heavy atom. The summed E-state index contributed by atoms with van der Waals surface area (Å²) in [5, 5.41) is 10.8. The summed E-state index contributed by atoms with van der Waals surface area (Å²) in [5.74, 6) is 0. The Morgan fingerprint density at radius 3 is 2.70 bits per heavy atom. The molecule has 4 nitrogen and oxygen atoms in total. The van der Waals surface area contributed by atoms with E-state index >= 15 is 0 Å². The summed E-state index contributed by atoms with van der Waals surface area (Å²) in [4.78, 5) is 9.65. The van der Waals surface area contributed by atoms with Crippen molar-refractivity contribution in [3.63, 3.8) is 0 Å². The van der Waals surface area contributed by atoms with Crippen molar-refractivity contribution < 1.29 is 9.66 Å². The van der Waals surface area contributed by atoms with Gasteiger partial charge in [0, 0.05) is 6.07 Å². The van der Waals surface area contributed by atoms with Crippen molar-refractivity contribution in [2.24, 2.45) is 0 Å². The molecule has 0 unspecified atom stereocenters. The van der Waals surface area contributed by atoms with E-state index in [0.717, 1.165) is 11.3 Å². The molecule has 0 amide bonds. The van der Waals surface area contributed by atoms with Crippen LogP contribution in [0.2, 0.25) is 0 Å². The number of hydrogen-bond donors (Lipinski definition) is 0. The smallest absolute Gasteiger partial charge is 0.327 e. The maximum Gasteiger partial charge on any atom is 0.327 e. The lowest BCUT2D eigenvalue weighted by atomic mass is 10.6. The van der Waals surface area contributed by atoms with Crippen LogP contribution in [0.25, 0.3) is 0 Å². The van der Waals surface area contributed by atoms with E-state index in [4.69, 9.17) is 4.74 Å². The van der Waals surface area contributed by atoms with Gasteiger partial charge in [0.05, 0.1) is 12.0 Å². The van der Waals surface area contributed by atoms with E-state index in [1.54, 1.807) is 6.07 Å². The minimum absolute atomic E-state index is 0.108. The van der Waals surface area contributed by atoms with E-state index in [1.807, 2.05) is 0 Å². The fourth-order valence-electron chi connectivity index (χ4n) is 0.518. The van der Waals surface area contributed by atoms with E-state index in [1.165, 1.54) is 13.2 Å². The van der Waals surface area contributed by atoms with E-state index in [-0.39, 0.29) is 5.00 Å². The minimum atomic E-state index is -0.437. The highest BCUT2D eigenvalue weighted by atomic mass is 32.1. The highest BCUT2D eigenvalue weighted by Crippen LogP contribution is 2.29. The number of nitrogens with zero attached hydrogens (tertiary/aromatic N) is 1. The number of methoxy groups -OCH3 is 1. The first-order chi connectivity index (χ1) is 4.74. The molecule has 1 aromatic rings. The predicted molar refractivity (Wildman–Crippen MR) is 37.5 cm³/mol. The summed E-state index contributed by atoms with van der Waals surface area (Å²) in [6.07, 6.45) is 0. The van der Waals surface area contributed by atoms with Crippen LogP contribution in [0.3, 0.4) is 0 Å². The third-order valence-electron chi connectivity index (χ3n) is 0.948. The second-order valence-corrected chi connectivity index (χ2v) is 2.58. The summed E-state index contributed by atoms with van der Waals surface area (Å²) >= 11 is 1.02. The average molecular weight is 159 g/mol. The Morgan fingerprint density at radius 1 is 1.70 bits per heavy atom. The standard InChI is InChI=1S/C5H5NO3S/c1-9-5-3-2-4(10-5)6(7)8/h2-3H,1H3. The van der Waals surface area contributed by atoms with Crippen LogP contribution in [-0.4, -0.2) is 12.0 Å². The van der Waals surface area contributed by atoms with Gasteiger partial charge in [0.25, 0.3) is 0 Å². The quantitative estimate of drug-likeness (QED) is 0.487. The Hall–Kier alpha value is -1.10. The second kappa shape index (κ2) is 2.66. The Bertz CT molecular complexity index is 245. The van der Waals surface area contributed by atoms with Crippen LogP contribution in [-0.2, 0) is 0 Å². The van der Waals surface area contributed by atoms with Crippen molar-refractivity contribution >= 4 is 16.3 Å². The molecule has 0 radical (unpaired) electrons. The second-order valence-electron chi connectivity index (χ2n) is 1.55. The molecule has 0 fully saturated rings. The zero-order valence-electron chi connectivity index (χ0n) is 5.23. The summed E-state index contributed by atoms with van der Waals surface area (Å²) in [6, 6.07) is 2.99. The molecule has 0 aromatic carbocycles. The summed E-state index contributed by atoms with van der Waals surface area (Å²) in [6.45, 7) is 0. The van der Waals surface area contributed by atoms with Crippen LogP contribution in [0.5, 0.6) is 5.06 Å². The summed E-state index contributed by atoms with van der Waals surface area (Å²) < 4.78 is 4.76. The molecule has 10 heavy (non-hydrogen) atoms. The highest BCUT2D eigenvalue weighted by molar-refractivity contribution is 7.17. The predicted octanol–water partition coefficient (Wildman–Crippen LogP) is 1.66. The lowest BCUT2D eigenvalue weighted by Gasteiger charge is -1.86. The SMILES string of the molecule is COc1ccc([N+](=O)[O-])s1. The molecule has 0 aliphatic rings. The fourth-order valence-corrected chi connectivity index (χ4v) is 1.15. The first kappa shape index (κ1) is 7.01. The van der Waals surface area contributed by atoms with Gasteiger partial charge >= 0.3 is 5.00 Å². The number of nitro groups is 1. The molecule has 0 bridgehead atoms. The van der Waals surface area contributed by atoms with Crippen LogP contribution in [0.4, 0.5) is 5.00 Å². The molecule has 1 aromatic heterocycles. The first-order valence-electron chi connectivity index (χ1n) is 2.52. The van der Waals surface area contributed by atoms with Gasteiger partial charge in [-0.1, -0.05) is 0 Å². The maximum absolute atomic E-state index is 10.1. The molecule has 0 saturated heterocycles. The molecule has 0 aliphatic carbocycles. The van der Waals surface area contributed by atoms with Gasteiger partial charge < -0.3 is 4.74 Å². The largest absolute Gasteiger partial charge is 0.487 e. The Balaban J connectivity index is 2.88. The van der Waals surface area contributed by atoms with Gasteiger partial charge in [0.2, 0.25) is 0 Å². The van der Waals surface area contributed by atoms with E-state index in [2.05, 4.69) is 0 Å². The van der Waals surface area contributed by atoms with Gasteiger partial charge in [-0.15, -0.1) is 0 Å². The zero-order valence-corrected chi connectivity index (χ0v) is 6.05. The van der Waals surface area contributed by atoms with E-state index in [9.17, 15) is 10.1 Å². The topological polar surface area (TPSA) is 52.4 Å². The van der Waals surface area contributed by atoms with Crippen LogP contribution in [0.1, 0.15) is 0 Å². The number of thiophene rings is 1. The van der Waals surface area contributed by atoms with Crippen LogP contribution < -0.4 is 4.74 Å². The summed E-state index contributed by atoms with van der Waals surface area (Å²) in [7, 11) is 1.48. The molecule has 1 rings (SSSR count). The van der Waals surface area contributed by atoms with Gasteiger partial charge in [-0.25, -0.2) is 0 Å². The maximum atomic E-state index is 10.1. The normalized spacial score (nSPS) is 9.30. The fraction of sp³-hybridized carbons (Fsp3) is 0.200. The molecular weight excluding hydrogens is 154 g/mol. The van der Waals surface area contributed by atoms with Gasteiger partial charge in [-0.3, -0.25) is 10.1 Å². The van der Waals surface area contributed by atoms with Crippen molar-refractivity contribution in [1.82, 2.24) is 0 Å². The Labute approximate surface area is 61.2 Å². The molecule has 0 atom stereocenters. The molecule has 0 aliphatic heterocycles. The number of rotatable bonds is 2. The molecule has 5 heteroatoms. The summed E-state index contributed by atoms with van der Waals surface area (Å²) in [5.41, 5.74) is 0. The third-order valence-corrected chi connectivity index (χ3v) is 1.95. The highest BCUT2D eigenvalue weighted by Gasteiger charge is 2.08. The number of ether oxygens (including phenoxy) is 1. The van der Waals surface area contributed by atoms with Crippen LogP contribution in [0, 0.1) is 10.1 Å². The van der Waals surface area contributed by atoms with Crippen molar-refractivity contribution in [3.8, 4) is 5.06 Å². The van der Waals surface area contributed by atoms with Gasteiger partial charge in [0.15, 0.2) is 5.06 Å². The van der Waals surface area contributed by atoms with Crippen molar-refractivity contribution in [3.05, 3.63) is 22.2 Å². The van der Waals surface area contributed by atoms with Crippen molar-refractivity contribution in [1.29, 1.82) is 0 Å². The van der Waals surface area contributed by atoms with Crippen molar-refractivity contribution in [2.45, 2.75) is 0 Å².